The Morgan fingerprint density at radius 2 is 1.42 bits per heavy atom. The molecule has 24 heavy (non-hydrogen) atoms. The average Bonchev–Trinajstić information content (AvgIpc) is 3.36. The first-order valence-corrected chi connectivity index (χ1v) is 7.84. The maximum absolute atomic E-state index is 7.50. The predicted molar refractivity (Wildman–Crippen MR) is 88.5 cm³/mol. The zero-order chi connectivity index (χ0) is 17.1. The maximum Gasteiger partial charge on any atom is 2.00 e. The van der Waals surface area contributed by atoms with Crippen LogP contribution in [0.3, 0.4) is 0 Å². The summed E-state index contributed by atoms with van der Waals surface area (Å²) in [7, 11) is 0. The number of hydrogen-bond acceptors (Lipinski definition) is 0. The molecule has 4 aliphatic carbocycles. The normalized spacial score (nSPS) is 26.0. The van der Waals surface area contributed by atoms with Gasteiger partial charge in [-0.25, -0.2) is 0 Å². The van der Waals surface area contributed by atoms with Gasteiger partial charge in [0.05, 0.1) is 0 Å². The molecule has 0 amide bonds. The van der Waals surface area contributed by atoms with Crippen LogP contribution >= 0.6 is 0 Å². The Hall–Kier alpha value is -0.352. The topological polar surface area (TPSA) is 39.8 Å². The van der Waals surface area contributed by atoms with E-state index in [-0.39, 0.29) is 21.1 Å². The Morgan fingerprint density at radius 3 is 1.83 bits per heavy atom. The molecule has 8 radical (unpaired) electrons. The molecule has 3 heteroatoms. The van der Waals surface area contributed by atoms with Crippen molar-refractivity contribution in [3.05, 3.63) is 88.0 Å². The second-order valence-corrected chi connectivity index (χ2v) is 5.94. The fourth-order valence-electron chi connectivity index (χ4n) is 3.48. The van der Waals surface area contributed by atoms with Gasteiger partial charge in [-0.05, 0) is 62.7 Å². The van der Waals surface area contributed by atoms with Crippen LogP contribution in [0.5, 0.6) is 0 Å². The minimum Gasteiger partial charge on any atom is -0.0762 e. The Labute approximate surface area is 162 Å². The predicted octanol–water partition coefficient (Wildman–Crippen LogP) is 4.62. The molecule has 0 aromatic rings. The third-order valence-corrected chi connectivity index (χ3v) is 4.82. The van der Waals surface area contributed by atoms with Gasteiger partial charge >= 0.3 is 43.7 Å². The molecule has 1 spiro atoms. The van der Waals surface area contributed by atoms with E-state index in [9.17, 15) is 0 Å². The van der Waals surface area contributed by atoms with Crippen molar-refractivity contribution in [3.63, 3.8) is 0 Å². The Morgan fingerprint density at radius 1 is 0.917 bits per heavy atom. The van der Waals surface area contributed by atoms with E-state index in [0.29, 0.717) is 5.41 Å². The van der Waals surface area contributed by atoms with Crippen molar-refractivity contribution >= 4 is 0 Å². The number of allylic oxidation sites excluding steroid dienone is 4. The summed E-state index contributed by atoms with van der Waals surface area (Å²) >= 11 is 0. The molecular formula is C21H22MoO2+2. The third kappa shape index (κ3) is 6.18. The van der Waals surface area contributed by atoms with Crippen molar-refractivity contribution in [2.45, 2.75) is 32.6 Å². The van der Waals surface area contributed by atoms with Gasteiger partial charge in [-0.15, -0.1) is 0 Å². The van der Waals surface area contributed by atoms with Crippen LogP contribution in [-0.4, -0.2) is 0 Å². The minimum atomic E-state index is 0. The van der Waals surface area contributed by atoms with Gasteiger partial charge in [0.25, 0.3) is 0 Å². The number of rotatable bonds is 0. The van der Waals surface area contributed by atoms with Crippen molar-refractivity contribution in [1.29, 1.82) is 0 Å². The summed E-state index contributed by atoms with van der Waals surface area (Å²) in [5.41, 5.74) is 0.611. The molecule has 0 bridgehead atoms. The molecule has 0 N–H and O–H groups in total. The first kappa shape index (κ1) is 23.6. The summed E-state index contributed by atoms with van der Waals surface area (Å²) in [4.78, 5) is 0. The standard InChI is InChI=1S/C10H15.C9H7.2CO.Mo/c1-9-5-4-8-10(9)6-2-3-7-10;1-2-5-9-7-3-6-8(9)4-1;2*1-2;/h4-5,8-9H,2-3,6-7H2,1H3;1-7H;;;/q;;;;+2. The van der Waals surface area contributed by atoms with E-state index in [1.165, 1.54) is 37.5 Å². The van der Waals surface area contributed by atoms with Crippen LogP contribution in [0.1, 0.15) is 32.6 Å². The van der Waals surface area contributed by atoms with Crippen molar-refractivity contribution in [2.75, 3.05) is 0 Å². The molecule has 0 aliphatic heterocycles. The van der Waals surface area contributed by atoms with E-state index in [1.54, 1.807) is 0 Å². The largest absolute Gasteiger partial charge is 2.00 e. The Balaban J connectivity index is 0.000000355. The first-order valence-electron chi connectivity index (χ1n) is 7.84. The zero-order valence-corrected chi connectivity index (χ0v) is 15.9. The van der Waals surface area contributed by atoms with E-state index in [4.69, 9.17) is 9.30 Å². The van der Waals surface area contributed by atoms with E-state index in [1.807, 2.05) is 0 Å². The monoisotopic (exact) mass is 404 g/mol. The van der Waals surface area contributed by atoms with Gasteiger partial charge in [-0.3, -0.25) is 0 Å². The van der Waals surface area contributed by atoms with Crippen LogP contribution in [0.4, 0.5) is 0 Å². The summed E-state index contributed by atoms with van der Waals surface area (Å²) < 4.78 is 15.0. The fourth-order valence-corrected chi connectivity index (χ4v) is 3.48. The van der Waals surface area contributed by atoms with Crippen molar-refractivity contribution in [3.8, 4) is 0 Å². The minimum absolute atomic E-state index is 0. The third-order valence-electron chi connectivity index (χ3n) is 4.82. The second-order valence-electron chi connectivity index (χ2n) is 5.94. The van der Waals surface area contributed by atoms with Crippen LogP contribution < -0.4 is 0 Å². The molecule has 1 atom stereocenters. The molecule has 0 heterocycles. The van der Waals surface area contributed by atoms with E-state index < -0.39 is 0 Å². The van der Waals surface area contributed by atoms with Gasteiger partial charge < -0.3 is 0 Å². The second kappa shape index (κ2) is 12.9. The average molecular weight is 402 g/mol. The summed E-state index contributed by atoms with van der Waals surface area (Å²) in [5.74, 6) is 3.48. The van der Waals surface area contributed by atoms with Crippen LogP contribution in [0.2, 0.25) is 0 Å². The van der Waals surface area contributed by atoms with Crippen molar-refractivity contribution in [1.82, 2.24) is 0 Å². The van der Waals surface area contributed by atoms with Crippen LogP contribution in [0, 0.1) is 75.0 Å². The molecule has 3 fully saturated rings. The Bertz CT molecular complexity index is 400. The smallest absolute Gasteiger partial charge is 0.0762 e. The van der Waals surface area contributed by atoms with Crippen LogP contribution in [0.15, 0.2) is 24.3 Å². The number of fused-ring (bicyclic) bond motifs is 1. The van der Waals surface area contributed by atoms with Gasteiger partial charge in [0.2, 0.25) is 0 Å². The first-order chi connectivity index (χ1) is 11.3. The molecule has 0 saturated heterocycles. The van der Waals surface area contributed by atoms with E-state index >= 15 is 0 Å². The quantitative estimate of drug-likeness (QED) is 0.322. The molecule has 0 aromatic heterocycles. The van der Waals surface area contributed by atoms with Crippen molar-refractivity contribution < 1.29 is 30.4 Å². The molecule has 3 saturated carbocycles. The van der Waals surface area contributed by atoms with Gasteiger partial charge in [-0.1, -0.05) is 44.1 Å². The molecule has 122 valence electrons. The van der Waals surface area contributed by atoms with Gasteiger partial charge in [0.1, 0.15) is 0 Å². The maximum atomic E-state index is 7.50. The van der Waals surface area contributed by atoms with Gasteiger partial charge in [-0.2, -0.15) is 0 Å². The molecule has 4 rings (SSSR count). The number of hydrogen-bond donors (Lipinski definition) is 0. The summed E-state index contributed by atoms with van der Waals surface area (Å²) in [5, 5.41) is 0. The Kier molecular flexibility index (Phi) is 12.7. The van der Waals surface area contributed by atoms with Crippen LogP contribution in [-0.2, 0) is 30.4 Å². The van der Waals surface area contributed by atoms with Gasteiger partial charge in [0.15, 0.2) is 0 Å². The molecule has 2 nitrogen and oxygen atoms in total. The van der Waals surface area contributed by atoms with Gasteiger partial charge in [0, 0.05) is 11.8 Å². The molecule has 1 unspecified atom stereocenters. The molecule has 4 aliphatic rings. The summed E-state index contributed by atoms with van der Waals surface area (Å²) in [6, 6.07) is 0. The molecule has 0 aromatic carbocycles. The molecular weight excluding hydrogens is 380 g/mol. The SMILES string of the molecule is CC1[CH][CH][CH]C12CCCC2.[C-]#[O+].[C-]#[O+].[CH]1[CH][C]2C=CC=C[C]2[CH]1.[Mo+2]. The summed E-state index contributed by atoms with van der Waals surface area (Å²) in [6.45, 7) is 11.4. The summed E-state index contributed by atoms with van der Waals surface area (Å²) in [6.07, 6.45) is 27.5. The van der Waals surface area contributed by atoms with Crippen LogP contribution in [0.25, 0.3) is 0 Å². The van der Waals surface area contributed by atoms with E-state index in [2.05, 4.69) is 83.1 Å². The zero-order valence-electron chi connectivity index (χ0n) is 13.9. The fraction of sp³-hybridized carbons (Fsp3) is 0.333. The van der Waals surface area contributed by atoms with E-state index in [0.717, 1.165) is 5.92 Å². The van der Waals surface area contributed by atoms with Crippen molar-refractivity contribution in [2.24, 2.45) is 11.3 Å².